The maximum Gasteiger partial charge on any atom is 0.165 e. The van der Waals surface area contributed by atoms with Crippen LogP contribution < -0.4 is 4.90 Å². The van der Waals surface area contributed by atoms with Gasteiger partial charge in [-0.05, 0) is 101 Å². The summed E-state index contributed by atoms with van der Waals surface area (Å²) in [6.45, 7) is 22.0. The van der Waals surface area contributed by atoms with Crippen molar-refractivity contribution < 1.29 is 0 Å². The van der Waals surface area contributed by atoms with Crippen molar-refractivity contribution in [2.24, 2.45) is 0 Å². The molecule has 2 aromatic heterocycles. The van der Waals surface area contributed by atoms with E-state index in [0.29, 0.717) is 0 Å². The predicted octanol–water partition coefficient (Wildman–Crippen LogP) is 9.71. The number of aromatic nitrogens is 4. The summed E-state index contributed by atoms with van der Waals surface area (Å²) < 4.78 is 2.13. The first-order valence-electron chi connectivity index (χ1n) is 14.8. The molecule has 0 fully saturated rings. The Kier molecular flexibility index (Phi) is 14.4. The molecule has 0 aliphatic heterocycles. The number of hydrogen-bond acceptors (Lipinski definition) is 4. The van der Waals surface area contributed by atoms with Gasteiger partial charge in [0, 0.05) is 19.6 Å². The molecule has 0 N–H and O–H groups in total. The van der Waals surface area contributed by atoms with Crippen LogP contribution in [-0.2, 0) is 6.54 Å². The molecule has 0 spiro atoms. The third-order valence-corrected chi connectivity index (χ3v) is 6.91. The van der Waals surface area contributed by atoms with Gasteiger partial charge in [0.15, 0.2) is 17.0 Å². The second-order valence-corrected chi connectivity index (χ2v) is 11.8. The number of hydrogen-bond donors (Lipinski definition) is 0. The quantitative estimate of drug-likeness (QED) is 0.198. The maximum absolute atomic E-state index is 4.80. The van der Waals surface area contributed by atoms with Crippen molar-refractivity contribution in [2.75, 3.05) is 18.0 Å². The molecule has 0 aliphatic carbocycles. The standard InChI is InChI=1S/C35H53N5/c1-27(2)13-10-16-30(7)19-22-39(23-20-31(8)17-11-14-28(3)4)34-33-35(37-25-36-34)40(26-38-33)24-21-32(9)18-12-15-29(5)6/h13-15,19-21,25-26H,10-12,16-18,22-24H2,1-9H3/b30-19+,31-20+,32-21+. The lowest BCUT2D eigenvalue weighted by molar-refractivity contribution is 0.819. The summed E-state index contributed by atoms with van der Waals surface area (Å²) >= 11 is 0. The monoisotopic (exact) mass is 543 g/mol. The van der Waals surface area contributed by atoms with Gasteiger partial charge in [-0.25, -0.2) is 15.0 Å². The van der Waals surface area contributed by atoms with Gasteiger partial charge in [0.25, 0.3) is 0 Å². The van der Waals surface area contributed by atoms with Crippen LogP contribution in [-0.4, -0.2) is 32.6 Å². The van der Waals surface area contributed by atoms with Crippen LogP contribution in [0.15, 0.2) is 82.5 Å². The molecule has 0 bridgehead atoms. The fourth-order valence-corrected chi connectivity index (χ4v) is 4.34. The van der Waals surface area contributed by atoms with Gasteiger partial charge in [-0.1, -0.05) is 69.9 Å². The molecule has 2 aromatic rings. The summed E-state index contributed by atoms with van der Waals surface area (Å²) in [6.07, 6.45) is 23.9. The zero-order chi connectivity index (χ0) is 29.5. The van der Waals surface area contributed by atoms with Crippen LogP contribution in [0.1, 0.15) is 101 Å². The molecule has 5 heteroatoms. The van der Waals surface area contributed by atoms with Crippen molar-refractivity contribution >= 4 is 17.0 Å². The van der Waals surface area contributed by atoms with Gasteiger partial charge in [0.05, 0.1) is 6.33 Å². The van der Waals surface area contributed by atoms with Crippen molar-refractivity contribution in [3.8, 4) is 0 Å². The van der Waals surface area contributed by atoms with E-state index in [-0.39, 0.29) is 0 Å². The van der Waals surface area contributed by atoms with Crippen LogP contribution in [0.3, 0.4) is 0 Å². The minimum atomic E-state index is 0.764. The summed E-state index contributed by atoms with van der Waals surface area (Å²) in [7, 11) is 0. The summed E-state index contributed by atoms with van der Waals surface area (Å²) in [5.41, 5.74) is 10.1. The lowest BCUT2D eigenvalue weighted by Gasteiger charge is -2.22. The molecule has 0 amide bonds. The molecule has 0 unspecified atom stereocenters. The topological polar surface area (TPSA) is 46.8 Å². The molecule has 2 heterocycles. The molecule has 0 aliphatic rings. The largest absolute Gasteiger partial charge is 0.347 e. The van der Waals surface area contributed by atoms with E-state index in [4.69, 9.17) is 9.97 Å². The second-order valence-electron chi connectivity index (χ2n) is 11.8. The van der Waals surface area contributed by atoms with Gasteiger partial charge in [0.1, 0.15) is 6.33 Å². The first-order chi connectivity index (χ1) is 19.1. The Morgan fingerprint density at radius 1 is 0.625 bits per heavy atom. The number of nitrogens with zero attached hydrogens (tertiary/aromatic N) is 5. The number of rotatable bonds is 16. The normalized spacial score (nSPS) is 12.5. The summed E-state index contributed by atoms with van der Waals surface area (Å²) in [6, 6.07) is 0. The van der Waals surface area contributed by atoms with Crippen LogP contribution in [0.4, 0.5) is 5.82 Å². The van der Waals surface area contributed by atoms with Gasteiger partial charge in [-0.3, -0.25) is 0 Å². The van der Waals surface area contributed by atoms with E-state index in [0.717, 1.165) is 75.1 Å². The smallest absolute Gasteiger partial charge is 0.165 e. The lowest BCUT2D eigenvalue weighted by atomic mass is 10.1. The lowest BCUT2D eigenvalue weighted by Crippen LogP contribution is -2.25. The molecule has 2 rings (SSSR count). The Balaban J connectivity index is 2.28. The summed E-state index contributed by atoms with van der Waals surface area (Å²) in [4.78, 5) is 16.5. The Bertz CT molecular complexity index is 1210. The first-order valence-corrected chi connectivity index (χ1v) is 14.8. The highest BCUT2D eigenvalue weighted by atomic mass is 15.2. The minimum absolute atomic E-state index is 0.764. The molecule has 5 nitrogen and oxygen atoms in total. The van der Waals surface area contributed by atoms with E-state index in [1.54, 1.807) is 6.33 Å². The SMILES string of the molecule is CC(C)=CCC/C(C)=C/CN(C/C=C(\C)CCC=C(C)C)c1ncnc2c1ncn2C/C=C(\C)CCC=C(C)C. The zero-order valence-electron chi connectivity index (χ0n) is 26.7. The highest BCUT2D eigenvalue weighted by Crippen LogP contribution is 2.23. The second kappa shape index (κ2) is 17.5. The summed E-state index contributed by atoms with van der Waals surface area (Å²) in [5, 5.41) is 0. The van der Waals surface area contributed by atoms with Gasteiger partial charge < -0.3 is 9.47 Å². The van der Waals surface area contributed by atoms with Crippen molar-refractivity contribution in [2.45, 2.75) is 107 Å². The Morgan fingerprint density at radius 3 is 1.57 bits per heavy atom. The van der Waals surface area contributed by atoms with E-state index < -0.39 is 0 Å². The third-order valence-electron chi connectivity index (χ3n) is 6.91. The average molecular weight is 544 g/mol. The van der Waals surface area contributed by atoms with Crippen LogP contribution in [0.2, 0.25) is 0 Å². The van der Waals surface area contributed by atoms with Crippen LogP contribution in [0.5, 0.6) is 0 Å². The Hall–Kier alpha value is -3.21. The summed E-state index contributed by atoms with van der Waals surface area (Å²) in [5.74, 6) is 0.898. The zero-order valence-corrected chi connectivity index (χ0v) is 26.7. The molecular formula is C35H53N5. The minimum Gasteiger partial charge on any atom is -0.347 e. The van der Waals surface area contributed by atoms with E-state index in [1.807, 2.05) is 6.33 Å². The van der Waals surface area contributed by atoms with Crippen LogP contribution >= 0.6 is 0 Å². The maximum atomic E-state index is 4.80. The van der Waals surface area contributed by atoms with Gasteiger partial charge >= 0.3 is 0 Å². The molecule has 0 radical (unpaired) electrons. The van der Waals surface area contributed by atoms with Crippen molar-refractivity contribution in [3.63, 3.8) is 0 Å². The van der Waals surface area contributed by atoms with Crippen molar-refractivity contribution in [1.82, 2.24) is 19.5 Å². The predicted molar refractivity (Wildman–Crippen MR) is 175 cm³/mol. The molecule has 218 valence electrons. The molecule has 0 aromatic carbocycles. The fraction of sp³-hybridized carbons (Fsp3) is 0.514. The molecule has 0 atom stereocenters. The highest BCUT2D eigenvalue weighted by molar-refractivity contribution is 5.83. The fourth-order valence-electron chi connectivity index (χ4n) is 4.34. The van der Waals surface area contributed by atoms with Crippen molar-refractivity contribution in [1.29, 1.82) is 0 Å². The Morgan fingerprint density at radius 2 is 1.10 bits per heavy atom. The Labute approximate surface area is 244 Å². The van der Waals surface area contributed by atoms with Crippen LogP contribution in [0.25, 0.3) is 11.2 Å². The number of imidazole rings is 1. The van der Waals surface area contributed by atoms with Crippen molar-refractivity contribution in [3.05, 3.63) is 82.5 Å². The van der Waals surface area contributed by atoms with Gasteiger partial charge in [-0.15, -0.1) is 0 Å². The molecular weight excluding hydrogens is 490 g/mol. The number of allylic oxidation sites excluding steroid dienone is 10. The molecule has 40 heavy (non-hydrogen) atoms. The van der Waals surface area contributed by atoms with E-state index in [9.17, 15) is 0 Å². The molecule has 0 saturated heterocycles. The number of anilines is 1. The average Bonchev–Trinajstić information content (AvgIpc) is 3.30. The van der Waals surface area contributed by atoms with Crippen LogP contribution in [0, 0.1) is 0 Å². The van der Waals surface area contributed by atoms with E-state index >= 15 is 0 Å². The van der Waals surface area contributed by atoms with Gasteiger partial charge in [-0.2, -0.15) is 0 Å². The third kappa shape index (κ3) is 12.3. The highest BCUT2D eigenvalue weighted by Gasteiger charge is 2.15. The molecule has 0 saturated carbocycles. The first kappa shape index (κ1) is 33.0. The van der Waals surface area contributed by atoms with Gasteiger partial charge in [0.2, 0.25) is 0 Å². The van der Waals surface area contributed by atoms with E-state index in [2.05, 4.69) is 113 Å². The van der Waals surface area contributed by atoms with E-state index in [1.165, 1.54) is 33.4 Å². The number of fused-ring (bicyclic) bond motifs is 1.